The predicted molar refractivity (Wildman–Crippen MR) is 56.7 cm³/mol. The number of rotatable bonds is 5. The van der Waals surface area contributed by atoms with Crippen LogP contribution in [0.2, 0.25) is 5.02 Å². The van der Waals surface area contributed by atoms with Gasteiger partial charge in [0, 0.05) is 10.9 Å². The average Bonchev–Trinajstić information content (AvgIpc) is 2.13. The van der Waals surface area contributed by atoms with E-state index in [0.29, 0.717) is 19.1 Å². The third kappa shape index (κ3) is 4.51. The summed E-state index contributed by atoms with van der Waals surface area (Å²) in [5.74, 6) is 0.551. The molecule has 0 heterocycles. The van der Waals surface area contributed by atoms with Gasteiger partial charge in [0.1, 0.15) is 0 Å². The minimum absolute atomic E-state index is 0.551. The van der Waals surface area contributed by atoms with Gasteiger partial charge in [-0.3, -0.25) is 0 Å². The highest BCUT2D eigenvalue weighted by Gasteiger charge is 1.94. The van der Waals surface area contributed by atoms with Gasteiger partial charge in [0.25, 0.3) is 0 Å². The molecule has 13 heavy (non-hydrogen) atoms. The summed E-state index contributed by atoms with van der Waals surface area (Å²) in [6.07, 6.45) is 0.886. The smallest absolute Gasteiger partial charge is 0.0601 e. The zero-order valence-corrected chi connectivity index (χ0v) is 8.81. The van der Waals surface area contributed by atoms with E-state index in [1.165, 1.54) is 5.56 Å². The summed E-state index contributed by atoms with van der Waals surface area (Å²) in [4.78, 5) is 0. The van der Waals surface area contributed by atoms with Gasteiger partial charge in [-0.05, 0) is 24.1 Å². The summed E-state index contributed by atoms with van der Waals surface area (Å²) in [5, 5.41) is 0.773. The van der Waals surface area contributed by atoms with Crippen LogP contribution in [0.4, 0.5) is 0 Å². The van der Waals surface area contributed by atoms with Gasteiger partial charge in [-0.2, -0.15) is 0 Å². The summed E-state index contributed by atoms with van der Waals surface area (Å²) >= 11 is 11.3. The average molecular weight is 219 g/mol. The van der Waals surface area contributed by atoms with Gasteiger partial charge in [0.05, 0.1) is 13.2 Å². The zero-order valence-electron chi connectivity index (χ0n) is 7.30. The molecular weight excluding hydrogens is 207 g/mol. The zero-order chi connectivity index (χ0) is 9.52. The summed E-state index contributed by atoms with van der Waals surface area (Å²) in [6.45, 7) is 1.31. The molecule has 3 heteroatoms. The van der Waals surface area contributed by atoms with Crippen molar-refractivity contribution in [1.82, 2.24) is 0 Å². The van der Waals surface area contributed by atoms with E-state index in [1.54, 1.807) is 0 Å². The van der Waals surface area contributed by atoms with E-state index in [9.17, 15) is 0 Å². The van der Waals surface area contributed by atoms with Gasteiger partial charge >= 0.3 is 0 Å². The summed E-state index contributed by atoms with van der Waals surface area (Å²) in [6, 6.07) is 7.80. The van der Waals surface area contributed by atoms with E-state index in [0.717, 1.165) is 11.4 Å². The van der Waals surface area contributed by atoms with Gasteiger partial charge in [0.15, 0.2) is 0 Å². The molecule has 0 saturated carbocycles. The molecule has 0 saturated heterocycles. The lowest BCUT2D eigenvalue weighted by Crippen LogP contribution is -2.00. The van der Waals surface area contributed by atoms with Gasteiger partial charge < -0.3 is 4.74 Å². The molecule has 72 valence electrons. The summed E-state index contributed by atoms with van der Waals surface area (Å²) < 4.78 is 5.25. The van der Waals surface area contributed by atoms with E-state index in [4.69, 9.17) is 27.9 Å². The Morgan fingerprint density at radius 1 is 1.23 bits per heavy atom. The normalized spacial score (nSPS) is 10.3. The van der Waals surface area contributed by atoms with Crippen molar-refractivity contribution in [3.63, 3.8) is 0 Å². The van der Waals surface area contributed by atoms with E-state index >= 15 is 0 Å². The molecule has 0 spiro atoms. The molecule has 0 N–H and O–H groups in total. The third-order valence-electron chi connectivity index (χ3n) is 1.65. The Morgan fingerprint density at radius 3 is 2.77 bits per heavy atom. The lowest BCUT2D eigenvalue weighted by molar-refractivity contribution is 0.152. The first-order valence-electron chi connectivity index (χ1n) is 4.21. The molecule has 0 bridgehead atoms. The predicted octanol–water partition coefficient (Wildman–Crippen LogP) is 3.14. The lowest BCUT2D eigenvalue weighted by Gasteiger charge is -2.02. The van der Waals surface area contributed by atoms with Crippen molar-refractivity contribution >= 4 is 23.2 Å². The second-order valence-electron chi connectivity index (χ2n) is 2.68. The molecule has 0 aromatic heterocycles. The molecule has 0 unspecified atom stereocenters. The molecule has 0 amide bonds. The highest BCUT2D eigenvalue weighted by molar-refractivity contribution is 6.30. The number of hydrogen-bond donors (Lipinski definition) is 0. The Balaban J connectivity index is 2.28. The fraction of sp³-hybridized carbons (Fsp3) is 0.400. The highest BCUT2D eigenvalue weighted by atomic mass is 35.5. The third-order valence-corrected chi connectivity index (χ3v) is 2.03. The van der Waals surface area contributed by atoms with Crippen molar-refractivity contribution in [1.29, 1.82) is 0 Å². The van der Waals surface area contributed by atoms with Gasteiger partial charge in [0.2, 0.25) is 0 Å². The van der Waals surface area contributed by atoms with Crippen LogP contribution in [-0.4, -0.2) is 19.1 Å². The highest BCUT2D eigenvalue weighted by Crippen LogP contribution is 2.10. The van der Waals surface area contributed by atoms with Crippen molar-refractivity contribution in [2.75, 3.05) is 19.1 Å². The number of hydrogen-bond acceptors (Lipinski definition) is 1. The Bertz CT molecular complexity index is 250. The van der Waals surface area contributed by atoms with Crippen LogP contribution >= 0.6 is 23.2 Å². The minimum Gasteiger partial charge on any atom is -0.380 e. The standard InChI is InChI=1S/C10H12Cl2O/c11-5-7-13-6-4-9-2-1-3-10(12)8-9/h1-3,8H,4-7H2. The van der Waals surface area contributed by atoms with E-state index < -0.39 is 0 Å². The van der Waals surface area contributed by atoms with Crippen molar-refractivity contribution < 1.29 is 4.74 Å². The maximum Gasteiger partial charge on any atom is 0.0601 e. The monoisotopic (exact) mass is 218 g/mol. The Morgan fingerprint density at radius 2 is 2.08 bits per heavy atom. The molecule has 0 aliphatic heterocycles. The van der Waals surface area contributed by atoms with E-state index in [-0.39, 0.29) is 0 Å². The van der Waals surface area contributed by atoms with Crippen LogP contribution in [-0.2, 0) is 11.2 Å². The van der Waals surface area contributed by atoms with Crippen LogP contribution in [0.25, 0.3) is 0 Å². The number of ether oxygens (including phenoxy) is 1. The molecule has 0 atom stereocenters. The first kappa shape index (κ1) is 10.8. The van der Waals surface area contributed by atoms with Crippen LogP contribution in [0.15, 0.2) is 24.3 Å². The molecule has 1 rings (SSSR count). The second-order valence-corrected chi connectivity index (χ2v) is 3.50. The minimum atomic E-state index is 0.551. The van der Waals surface area contributed by atoms with Crippen LogP contribution in [0.5, 0.6) is 0 Å². The Hall–Kier alpha value is -0.240. The molecular formula is C10H12Cl2O. The molecule has 0 aliphatic carbocycles. The topological polar surface area (TPSA) is 9.23 Å². The fourth-order valence-electron chi connectivity index (χ4n) is 1.04. The first-order valence-corrected chi connectivity index (χ1v) is 5.12. The quantitative estimate of drug-likeness (QED) is 0.546. The maximum absolute atomic E-state index is 5.82. The van der Waals surface area contributed by atoms with Crippen LogP contribution < -0.4 is 0 Å². The van der Waals surface area contributed by atoms with E-state index in [1.807, 2.05) is 24.3 Å². The SMILES string of the molecule is ClCCOCCc1cccc(Cl)c1. The van der Waals surface area contributed by atoms with Crippen molar-refractivity contribution in [2.45, 2.75) is 6.42 Å². The van der Waals surface area contributed by atoms with E-state index in [2.05, 4.69) is 0 Å². The number of alkyl halides is 1. The second kappa shape index (κ2) is 6.25. The lowest BCUT2D eigenvalue weighted by atomic mass is 10.2. The molecule has 1 aromatic carbocycles. The largest absolute Gasteiger partial charge is 0.380 e. The summed E-state index contributed by atoms with van der Waals surface area (Å²) in [5.41, 5.74) is 1.20. The number of halogens is 2. The first-order chi connectivity index (χ1) is 6.33. The van der Waals surface area contributed by atoms with Crippen LogP contribution in [0.3, 0.4) is 0 Å². The molecule has 0 fully saturated rings. The molecule has 0 radical (unpaired) electrons. The van der Waals surface area contributed by atoms with Crippen molar-refractivity contribution in [3.05, 3.63) is 34.9 Å². The Labute approximate surface area is 88.6 Å². The van der Waals surface area contributed by atoms with Gasteiger partial charge in [-0.25, -0.2) is 0 Å². The van der Waals surface area contributed by atoms with Crippen molar-refractivity contribution in [3.8, 4) is 0 Å². The maximum atomic E-state index is 5.82. The van der Waals surface area contributed by atoms with Gasteiger partial charge in [-0.15, -0.1) is 11.6 Å². The molecule has 0 aliphatic rings. The van der Waals surface area contributed by atoms with Crippen molar-refractivity contribution in [2.24, 2.45) is 0 Å². The number of benzene rings is 1. The van der Waals surface area contributed by atoms with Crippen LogP contribution in [0.1, 0.15) is 5.56 Å². The van der Waals surface area contributed by atoms with Gasteiger partial charge in [-0.1, -0.05) is 23.7 Å². The summed E-state index contributed by atoms with van der Waals surface area (Å²) in [7, 11) is 0. The van der Waals surface area contributed by atoms with Crippen LogP contribution in [0, 0.1) is 0 Å². The Kier molecular flexibility index (Phi) is 5.21. The fourth-order valence-corrected chi connectivity index (χ4v) is 1.36. The molecule has 1 nitrogen and oxygen atoms in total. The molecule has 1 aromatic rings.